The van der Waals surface area contributed by atoms with E-state index >= 15 is 0 Å². The van der Waals surface area contributed by atoms with Crippen LogP contribution in [-0.4, -0.2) is 32.6 Å². The molecule has 1 aromatic carbocycles. The van der Waals surface area contributed by atoms with Crippen molar-refractivity contribution in [3.63, 3.8) is 0 Å². The van der Waals surface area contributed by atoms with Crippen LogP contribution in [0, 0.1) is 17.1 Å². The van der Waals surface area contributed by atoms with Crippen molar-refractivity contribution in [1.29, 1.82) is 5.26 Å². The monoisotopic (exact) mass is 406 g/mol. The van der Waals surface area contributed by atoms with E-state index in [4.69, 9.17) is 10.5 Å². The van der Waals surface area contributed by atoms with Crippen LogP contribution in [0.1, 0.15) is 40.3 Å². The third kappa shape index (κ3) is 3.12. The predicted molar refractivity (Wildman–Crippen MR) is 107 cm³/mol. The average molecular weight is 406 g/mol. The summed E-state index contributed by atoms with van der Waals surface area (Å²) in [6.07, 6.45) is 0.866. The fourth-order valence-corrected chi connectivity index (χ4v) is 3.63. The zero-order valence-corrected chi connectivity index (χ0v) is 16.7. The Labute approximate surface area is 172 Å². The van der Waals surface area contributed by atoms with Crippen LogP contribution in [0.25, 0.3) is 11.1 Å². The second kappa shape index (κ2) is 7.15. The number of nitriles is 1. The van der Waals surface area contributed by atoms with Crippen LogP contribution in [0.4, 0.5) is 10.2 Å². The number of nitrogens with zero attached hydrogens (tertiary/aromatic N) is 5. The molecule has 2 N–H and O–H groups in total. The Morgan fingerprint density at radius 2 is 2.10 bits per heavy atom. The standard InChI is InChI=1S/C21H19FN6O2/c1-11-15-7-13(22)4-5-14(15)21(29)27(2)10-17-19(16(8-23)26-28(17)3)12-6-18(30-11)20(24)25-9-12/h4-7,9,11H,10H2,1-3H3,(H2,24,25). The number of hydrogen-bond donors (Lipinski definition) is 1. The average Bonchev–Trinajstić information content (AvgIpc) is 3.03. The van der Waals surface area contributed by atoms with Gasteiger partial charge >= 0.3 is 0 Å². The summed E-state index contributed by atoms with van der Waals surface area (Å²) in [4.78, 5) is 18.9. The lowest BCUT2D eigenvalue weighted by molar-refractivity contribution is 0.0777. The van der Waals surface area contributed by atoms with Gasteiger partial charge in [-0.3, -0.25) is 9.48 Å². The van der Waals surface area contributed by atoms with Gasteiger partial charge in [0, 0.05) is 42.5 Å². The zero-order chi connectivity index (χ0) is 21.6. The van der Waals surface area contributed by atoms with Gasteiger partial charge in [0.15, 0.2) is 17.3 Å². The first-order chi connectivity index (χ1) is 14.3. The molecule has 1 aliphatic rings. The third-order valence-electron chi connectivity index (χ3n) is 5.16. The van der Waals surface area contributed by atoms with Gasteiger partial charge in [-0.15, -0.1) is 0 Å². The van der Waals surface area contributed by atoms with E-state index in [0.29, 0.717) is 27.9 Å². The summed E-state index contributed by atoms with van der Waals surface area (Å²) in [5.74, 6) is -0.357. The number of anilines is 1. The third-order valence-corrected chi connectivity index (χ3v) is 5.16. The normalized spacial score (nSPS) is 15.9. The molecule has 8 nitrogen and oxygen atoms in total. The van der Waals surface area contributed by atoms with Gasteiger partial charge in [-0.25, -0.2) is 9.37 Å². The fraction of sp³-hybridized carbons (Fsp3) is 0.238. The first-order valence-electron chi connectivity index (χ1n) is 9.23. The number of halogens is 1. The molecular formula is C21H19FN6O2. The van der Waals surface area contributed by atoms with Crippen LogP contribution in [0.5, 0.6) is 5.75 Å². The molecule has 1 aliphatic heterocycles. The van der Waals surface area contributed by atoms with Crippen LogP contribution < -0.4 is 10.5 Å². The number of amides is 1. The second-order valence-corrected chi connectivity index (χ2v) is 7.17. The molecular weight excluding hydrogens is 387 g/mol. The Kier molecular flexibility index (Phi) is 4.62. The molecule has 1 atom stereocenters. The first kappa shape index (κ1) is 19.4. The van der Waals surface area contributed by atoms with Gasteiger partial charge < -0.3 is 15.4 Å². The highest BCUT2D eigenvalue weighted by atomic mass is 19.1. The number of ether oxygens (including phenoxy) is 1. The maximum Gasteiger partial charge on any atom is 0.254 e. The highest BCUT2D eigenvalue weighted by Crippen LogP contribution is 2.35. The number of nitrogens with two attached hydrogens (primary N) is 1. The number of pyridine rings is 1. The molecule has 0 aliphatic carbocycles. The number of aryl methyl sites for hydroxylation is 1. The van der Waals surface area contributed by atoms with Crippen molar-refractivity contribution in [3.8, 4) is 22.9 Å². The van der Waals surface area contributed by atoms with E-state index in [1.165, 1.54) is 29.3 Å². The Bertz CT molecular complexity index is 1210. The van der Waals surface area contributed by atoms with Gasteiger partial charge in [0.25, 0.3) is 5.91 Å². The quantitative estimate of drug-likeness (QED) is 0.615. The maximum absolute atomic E-state index is 14.0. The van der Waals surface area contributed by atoms with Crippen molar-refractivity contribution < 1.29 is 13.9 Å². The summed E-state index contributed by atoms with van der Waals surface area (Å²) >= 11 is 0. The van der Waals surface area contributed by atoms with Crippen LogP contribution in [0.3, 0.4) is 0 Å². The number of nitrogen functional groups attached to an aromatic ring is 1. The molecule has 0 spiro atoms. The lowest BCUT2D eigenvalue weighted by Gasteiger charge is -2.24. The van der Waals surface area contributed by atoms with Crippen molar-refractivity contribution in [2.75, 3.05) is 12.8 Å². The Balaban J connectivity index is 1.99. The van der Waals surface area contributed by atoms with E-state index < -0.39 is 11.9 Å². The number of carbonyl (C=O) groups is 1. The smallest absolute Gasteiger partial charge is 0.254 e. The molecule has 152 valence electrons. The highest BCUT2D eigenvalue weighted by molar-refractivity contribution is 5.95. The number of fused-ring (bicyclic) bond motifs is 5. The molecule has 3 heterocycles. The van der Waals surface area contributed by atoms with E-state index in [0.717, 1.165) is 0 Å². The zero-order valence-electron chi connectivity index (χ0n) is 16.7. The van der Waals surface area contributed by atoms with E-state index in [1.54, 1.807) is 31.8 Å². The minimum atomic E-state index is -0.671. The Morgan fingerprint density at radius 3 is 2.83 bits per heavy atom. The molecule has 3 aromatic rings. The highest BCUT2D eigenvalue weighted by Gasteiger charge is 2.27. The van der Waals surface area contributed by atoms with Crippen molar-refractivity contribution in [2.24, 2.45) is 7.05 Å². The predicted octanol–water partition coefficient (Wildman–Crippen LogP) is 2.80. The molecule has 2 bridgehead atoms. The van der Waals surface area contributed by atoms with Gasteiger partial charge in [-0.05, 0) is 31.2 Å². The Hall–Kier alpha value is -3.93. The molecule has 4 rings (SSSR count). The van der Waals surface area contributed by atoms with Crippen molar-refractivity contribution in [1.82, 2.24) is 19.7 Å². The summed E-state index contributed by atoms with van der Waals surface area (Å²) in [6, 6.07) is 7.74. The summed E-state index contributed by atoms with van der Waals surface area (Å²) in [6.45, 7) is 1.89. The summed E-state index contributed by atoms with van der Waals surface area (Å²) in [7, 11) is 3.35. The van der Waals surface area contributed by atoms with Gasteiger partial charge in [0.05, 0.1) is 12.2 Å². The van der Waals surface area contributed by atoms with E-state index in [2.05, 4.69) is 16.2 Å². The summed E-state index contributed by atoms with van der Waals surface area (Å²) in [5, 5.41) is 13.9. The lowest BCUT2D eigenvalue weighted by Crippen LogP contribution is -2.29. The first-order valence-corrected chi connectivity index (χ1v) is 9.23. The topological polar surface area (TPSA) is 110 Å². The summed E-state index contributed by atoms with van der Waals surface area (Å²) < 4.78 is 21.5. The van der Waals surface area contributed by atoms with E-state index in [1.807, 2.05) is 0 Å². The molecule has 2 aromatic heterocycles. The molecule has 0 saturated carbocycles. The van der Waals surface area contributed by atoms with Crippen molar-refractivity contribution >= 4 is 11.7 Å². The largest absolute Gasteiger partial charge is 0.482 e. The molecule has 0 fully saturated rings. The van der Waals surface area contributed by atoms with Crippen LogP contribution in [0.2, 0.25) is 0 Å². The molecule has 9 heteroatoms. The van der Waals surface area contributed by atoms with Gasteiger partial charge in [-0.2, -0.15) is 10.4 Å². The lowest BCUT2D eigenvalue weighted by atomic mass is 10.00. The number of aromatic nitrogens is 3. The number of rotatable bonds is 0. The molecule has 30 heavy (non-hydrogen) atoms. The number of benzene rings is 1. The number of carbonyl (C=O) groups excluding carboxylic acids is 1. The Morgan fingerprint density at radius 1 is 1.33 bits per heavy atom. The van der Waals surface area contributed by atoms with Crippen LogP contribution in [0.15, 0.2) is 30.5 Å². The van der Waals surface area contributed by atoms with Gasteiger partial charge in [-0.1, -0.05) is 0 Å². The van der Waals surface area contributed by atoms with E-state index in [-0.39, 0.29) is 29.7 Å². The van der Waals surface area contributed by atoms with Gasteiger partial charge in [0.1, 0.15) is 18.0 Å². The molecule has 0 radical (unpaired) electrons. The van der Waals surface area contributed by atoms with Crippen molar-refractivity contribution in [2.45, 2.75) is 19.6 Å². The molecule has 0 saturated heterocycles. The molecule has 1 amide bonds. The van der Waals surface area contributed by atoms with Gasteiger partial charge in [0.2, 0.25) is 0 Å². The van der Waals surface area contributed by atoms with Crippen LogP contribution >= 0.6 is 0 Å². The minimum Gasteiger partial charge on any atom is -0.482 e. The SMILES string of the molecule is CC1Oc2cc(cnc2N)-c2c(C#N)nn(C)c2CN(C)C(=O)c2ccc(F)cc21. The molecule has 1 unspecified atom stereocenters. The summed E-state index contributed by atoms with van der Waals surface area (Å²) in [5.41, 5.74) is 8.73. The van der Waals surface area contributed by atoms with Crippen molar-refractivity contribution in [3.05, 3.63) is 58.8 Å². The maximum atomic E-state index is 14.0. The van der Waals surface area contributed by atoms with Crippen LogP contribution in [-0.2, 0) is 13.6 Å². The minimum absolute atomic E-state index is 0.146. The number of hydrogen-bond acceptors (Lipinski definition) is 6. The second-order valence-electron chi connectivity index (χ2n) is 7.17. The fourth-order valence-electron chi connectivity index (χ4n) is 3.63. The van der Waals surface area contributed by atoms with E-state index in [9.17, 15) is 14.4 Å².